The molecule has 0 spiro atoms. The van der Waals surface area contributed by atoms with E-state index in [0.29, 0.717) is 18.9 Å². The van der Waals surface area contributed by atoms with Crippen LogP contribution in [0.1, 0.15) is 43.8 Å². The first kappa shape index (κ1) is 20.1. The Bertz CT molecular complexity index is 850. The van der Waals surface area contributed by atoms with Gasteiger partial charge in [0.15, 0.2) is 0 Å². The minimum absolute atomic E-state index is 0.150. The molecule has 0 radical (unpaired) electrons. The van der Waals surface area contributed by atoms with Crippen LogP contribution in [0.5, 0.6) is 0 Å². The Morgan fingerprint density at radius 1 is 1.07 bits per heavy atom. The molecule has 3 heterocycles. The minimum Gasteiger partial charge on any atom is -0.370 e. The monoisotopic (exact) mass is 417 g/mol. The molecule has 7 heteroatoms. The van der Waals surface area contributed by atoms with Gasteiger partial charge in [-0.3, -0.25) is 9.69 Å². The Morgan fingerprint density at radius 3 is 2.43 bits per heavy atom. The summed E-state index contributed by atoms with van der Waals surface area (Å²) in [7, 11) is 0. The van der Waals surface area contributed by atoms with Crippen LogP contribution in [0, 0.1) is 17.6 Å². The number of nitrogens with zero attached hydrogens (tertiary/aromatic N) is 2. The normalized spacial score (nSPS) is 30.4. The molecule has 3 aliphatic heterocycles. The molecule has 1 saturated carbocycles. The lowest BCUT2D eigenvalue weighted by Crippen LogP contribution is -2.49. The second-order valence-electron chi connectivity index (χ2n) is 9.26. The van der Waals surface area contributed by atoms with Crippen LogP contribution in [0.4, 0.5) is 8.78 Å². The summed E-state index contributed by atoms with van der Waals surface area (Å²) in [4.78, 5) is 17.1. The molecule has 2 N–H and O–H groups in total. The van der Waals surface area contributed by atoms with Gasteiger partial charge in [-0.05, 0) is 48.6 Å². The highest BCUT2D eigenvalue weighted by Gasteiger charge is 2.40. The molecule has 1 saturated heterocycles. The van der Waals surface area contributed by atoms with E-state index in [-0.39, 0.29) is 17.5 Å². The fourth-order valence-electron chi connectivity index (χ4n) is 5.61. The molecule has 3 atom stereocenters. The van der Waals surface area contributed by atoms with Crippen molar-refractivity contribution in [3.05, 3.63) is 46.5 Å². The zero-order valence-corrected chi connectivity index (χ0v) is 17.2. The highest BCUT2D eigenvalue weighted by molar-refractivity contribution is 5.80. The predicted molar refractivity (Wildman–Crippen MR) is 109 cm³/mol. The second kappa shape index (κ2) is 8.02. The molecule has 30 heavy (non-hydrogen) atoms. The molecule has 0 aromatic heterocycles. The molecule has 5 nitrogen and oxygen atoms in total. The van der Waals surface area contributed by atoms with Gasteiger partial charge in [0.25, 0.3) is 0 Å². The Hall–Kier alpha value is -1.83. The lowest BCUT2D eigenvalue weighted by Gasteiger charge is -2.39. The molecule has 5 rings (SSSR count). The van der Waals surface area contributed by atoms with Crippen molar-refractivity contribution < 1.29 is 18.3 Å². The van der Waals surface area contributed by atoms with Crippen LogP contribution in [0.25, 0.3) is 0 Å². The van der Waals surface area contributed by atoms with Gasteiger partial charge in [-0.15, -0.1) is 0 Å². The Morgan fingerprint density at radius 2 is 1.77 bits per heavy atom. The van der Waals surface area contributed by atoms with Crippen LogP contribution in [-0.4, -0.2) is 60.6 Å². The van der Waals surface area contributed by atoms with Gasteiger partial charge in [0.1, 0.15) is 17.7 Å². The maximum Gasteiger partial charge on any atom is 0.226 e. The highest BCUT2D eigenvalue weighted by Crippen LogP contribution is 2.35. The smallest absolute Gasteiger partial charge is 0.226 e. The third kappa shape index (κ3) is 3.67. The van der Waals surface area contributed by atoms with Gasteiger partial charge in [-0.1, -0.05) is 12.8 Å². The number of hydrogen-bond donors (Lipinski definition) is 1. The fraction of sp³-hybridized carbons (Fsp3) is 0.609. The highest BCUT2D eigenvalue weighted by atomic mass is 19.1. The average molecular weight is 418 g/mol. The number of carbonyl (C=O) groups is 1. The number of ether oxygens (including phenoxy) is 1. The van der Waals surface area contributed by atoms with E-state index in [1.807, 2.05) is 4.90 Å². The van der Waals surface area contributed by atoms with Crippen molar-refractivity contribution in [1.29, 1.82) is 0 Å². The van der Waals surface area contributed by atoms with Crippen LogP contribution in [0.3, 0.4) is 0 Å². The van der Waals surface area contributed by atoms with E-state index in [0.717, 1.165) is 51.2 Å². The zero-order chi connectivity index (χ0) is 20.8. The van der Waals surface area contributed by atoms with Crippen molar-refractivity contribution in [2.75, 3.05) is 32.8 Å². The summed E-state index contributed by atoms with van der Waals surface area (Å²) in [5, 5.41) is 0. The largest absolute Gasteiger partial charge is 0.370 e. The van der Waals surface area contributed by atoms with Gasteiger partial charge in [0, 0.05) is 49.7 Å². The van der Waals surface area contributed by atoms with Crippen LogP contribution in [-0.2, 0) is 9.53 Å². The first-order valence-electron chi connectivity index (χ1n) is 11.0. The van der Waals surface area contributed by atoms with Crippen molar-refractivity contribution in [1.82, 2.24) is 9.80 Å². The third-order valence-electron chi connectivity index (χ3n) is 7.25. The molecule has 2 fully saturated rings. The number of benzene rings is 1. The maximum atomic E-state index is 14.1. The summed E-state index contributed by atoms with van der Waals surface area (Å²) in [5.41, 5.74) is 9.24. The topological polar surface area (TPSA) is 58.8 Å². The quantitative estimate of drug-likeness (QED) is 0.769. The fourth-order valence-corrected chi connectivity index (χ4v) is 5.61. The number of nitrogens with two attached hydrogens (primary N) is 1. The summed E-state index contributed by atoms with van der Waals surface area (Å²) in [6, 6.07) is 3.17. The Labute approximate surface area is 175 Å². The van der Waals surface area contributed by atoms with Crippen molar-refractivity contribution in [3.63, 3.8) is 0 Å². The number of halogens is 2. The van der Waals surface area contributed by atoms with E-state index in [1.54, 1.807) is 0 Å². The molecular weight excluding hydrogens is 388 g/mol. The molecule has 1 amide bonds. The van der Waals surface area contributed by atoms with Gasteiger partial charge < -0.3 is 15.4 Å². The van der Waals surface area contributed by atoms with E-state index < -0.39 is 23.8 Å². The van der Waals surface area contributed by atoms with Gasteiger partial charge >= 0.3 is 0 Å². The molecule has 162 valence electrons. The summed E-state index contributed by atoms with van der Waals surface area (Å²) in [6.07, 6.45) is 4.47. The number of hydrogen-bond acceptors (Lipinski definition) is 4. The van der Waals surface area contributed by atoms with Crippen LogP contribution in [0.15, 0.2) is 29.3 Å². The van der Waals surface area contributed by atoms with E-state index in [9.17, 15) is 13.6 Å². The van der Waals surface area contributed by atoms with Gasteiger partial charge in [-0.2, -0.15) is 0 Å². The molecule has 1 aromatic carbocycles. The standard InChI is InChI=1S/C23H29F2N3O2/c24-17-5-6-20(25)19(7-17)22-21(26)8-18(13-30-22)27-9-15-11-28(12-16(15)10-27)23(29)14-3-1-2-4-14/h5-7,14,18,21-22H,1-4,8-13,26H2/t18-,21+,22-/m1/s1. The molecule has 1 aromatic rings. The first-order valence-corrected chi connectivity index (χ1v) is 11.0. The van der Waals surface area contributed by atoms with E-state index in [2.05, 4.69) is 4.90 Å². The van der Waals surface area contributed by atoms with Gasteiger partial charge in [0.2, 0.25) is 5.91 Å². The summed E-state index contributed by atoms with van der Waals surface area (Å²) < 4.78 is 33.6. The van der Waals surface area contributed by atoms with Crippen LogP contribution < -0.4 is 5.73 Å². The number of carbonyl (C=O) groups excluding carboxylic acids is 1. The molecule has 4 aliphatic rings. The van der Waals surface area contributed by atoms with Crippen molar-refractivity contribution in [3.8, 4) is 0 Å². The third-order valence-corrected chi connectivity index (χ3v) is 7.25. The molecule has 0 unspecified atom stereocenters. The lowest BCUT2D eigenvalue weighted by atomic mass is 9.93. The summed E-state index contributed by atoms with van der Waals surface area (Å²) in [6.45, 7) is 3.61. The Kier molecular flexibility index (Phi) is 5.37. The van der Waals surface area contributed by atoms with Crippen molar-refractivity contribution >= 4 is 5.91 Å². The Balaban J connectivity index is 1.17. The molecule has 1 aliphatic carbocycles. The molecule has 0 bridgehead atoms. The van der Waals surface area contributed by atoms with E-state index >= 15 is 0 Å². The number of amides is 1. The second-order valence-corrected chi connectivity index (χ2v) is 9.26. The number of rotatable bonds is 3. The lowest BCUT2D eigenvalue weighted by molar-refractivity contribution is -0.134. The van der Waals surface area contributed by atoms with Gasteiger partial charge in [-0.25, -0.2) is 8.78 Å². The SMILES string of the molecule is N[C@H]1C[C@@H](N2CC3=C(CN(C(=O)C4CCCC4)C3)C2)CO[C@@H]1c1cc(F)ccc1F. The zero-order valence-electron chi connectivity index (χ0n) is 17.2. The van der Waals surface area contributed by atoms with E-state index in [1.165, 1.54) is 30.1 Å². The summed E-state index contributed by atoms with van der Waals surface area (Å²) in [5.74, 6) is -0.409. The van der Waals surface area contributed by atoms with E-state index in [4.69, 9.17) is 10.5 Å². The summed E-state index contributed by atoms with van der Waals surface area (Å²) >= 11 is 0. The van der Waals surface area contributed by atoms with Crippen LogP contribution >= 0.6 is 0 Å². The predicted octanol–water partition coefficient (Wildman–Crippen LogP) is 2.77. The minimum atomic E-state index is -0.626. The maximum absolute atomic E-state index is 14.1. The molecular formula is C23H29F2N3O2. The average Bonchev–Trinajstić information content (AvgIpc) is 3.46. The van der Waals surface area contributed by atoms with Crippen LogP contribution in [0.2, 0.25) is 0 Å². The van der Waals surface area contributed by atoms with Crippen molar-refractivity contribution in [2.45, 2.75) is 50.3 Å². The van der Waals surface area contributed by atoms with Crippen molar-refractivity contribution in [2.24, 2.45) is 11.7 Å². The first-order chi connectivity index (χ1) is 14.5. The van der Waals surface area contributed by atoms with Gasteiger partial charge in [0.05, 0.1) is 6.61 Å².